The van der Waals surface area contributed by atoms with E-state index in [9.17, 15) is 27.2 Å². The summed E-state index contributed by atoms with van der Waals surface area (Å²) in [6.07, 6.45) is -1.46. The number of aryl methyl sites for hydroxylation is 1. The second kappa shape index (κ2) is 7.07. The van der Waals surface area contributed by atoms with E-state index in [1.165, 1.54) is 29.3 Å². The van der Waals surface area contributed by atoms with Crippen LogP contribution in [0.2, 0.25) is 0 Å². The second-order valence-electron chi connectivity index (χ2n) is 7.77. The molecule has 0 atom stereocenters. The van der Waals surface area contributed by atoms with E-state index < -0.39 is 34.9 Å². The summed E-state index contributed by atoms with van der Waals surface area (Å²) in [4.78, 5) is 32.7. The largest absolute Gasteiger partial charge is 0.416 e. The number of carbonyl (C=O) groups is 2. The number of alkyl halides is 3. The summed E-state index contributed by atoms with van der Waals surface area (Å²) in [5.74, 6) is -1.66. The molecule has 2 amide bonds. The highest BCUT2D eigenvalue weighted by atomic mass is 19.4. The van der Waals surface area contributed by atoms with Crippen LogP contribution in [-0.4, -0.2) is 33.8 Å². The zero-order valence-corrected chi connectivity index (χ0v) is 16.2. The Morgan fingerprint density at radius 1 is 1.13 bits per heavy atom. The fourth-order valence-electron chi connectivity index (χ4n) is 4.01. The van der Waals surface area contributed by atoms with Crippen molar-refractivity contribution in [1.82, 2.24) is 9.88 Å². The highest BCUT2D eigenvalue weighted by molar-refractivity contribution is 6.09. The van der Waals surface area contributed by atoms with Crippen molar-refractivity contribution in [2.75, 3.05) is 11.4 Å². The summed E-state index contributed by atoms with van der Waals surface area (Å²) in [5.41, 5.74) is -0.813. The monoisotopic (exact) mass is 421 g/mol. The van der Waals surface area contributed by atoms with E-state index >= 15 is 0 Å². The number of halogens is 4. The van der Waals surface area contributed by atoms with Crippen LogP contribution < -0.4 is 4.90 Å². The Balaban J connectivity index is 1.62. The maximum absolute atomic E-state index is 14.4. The predicted molar refractivity (Wildman–Crippen MR) is 99.9 cm³/mol. The zero-order valence-electron chi connectivity index (χ0n) is 16.2. The van der Waals surface area contributed by atoms with Gasteiger partial charge in [-0.3, -0.25) is 14.5 Å². The van der Waals surface area contributed by atoms with Crippen LogP contribution in [0.4, 0.5) is 23.4 Å². The number of hydrogen-bond acceptors (Lipinski definition) is 3. The van der Waals surface area contributed by atoms with Crippen molar-refractivity contribution < 1.29 is 27.2 Å². The molecule has 0 N–H and O–H groups in total. The molecule has 1 aliphatic heterocycles. The first-order valence-corrected chi connectivity index (χ1v) is 9.52. The van der Waals surface area contributed by atoms with Gasteiger partial charge in [-0.2, -0.15) is 13.2 Å². The average Bonchev–Trinajstić information content (AvgIpc) is 2.63. The number of nitrogens with zero attached hydrogens (tertiary/aromatic N) is 3. The van der Waals surface area contributed by atoms with Crippen molar-refractivity contribution >= 4 is 17.6 Å². The molecule has 5 nitrogen and oxygen atoms in total. The lowest BCUT2D eigenvalue weighted by Gasteiger charge is -2.53. The number of aromatic nitrogens is 1. The Hall–Kier alpha value is -2.97. The molecule has 1 aromatic carbocycles. The van der Waals surface area contributed by atoms with Crippen LogP contribution >= 0.6 is 0 Å². The van der Waals surface area contributed by atoms with Gasteiger partial charge in [0.1, 0.15) is 12.1 Å². The van der Waals surface area contributed by atoms with Crippen molar-refractivity contribution in [3.63, 3.8) is 0 Å². The summed E-state index contributed by atoms with van der Waals surface area (Å²) >= 11 is 0. The van der Waals surface area contributed by atoms with Crippen molar-refractivity contribution in [2.45, 2.75) is 44.4 Å². The normalized spacial score (nSPS) is 18.7. The number of pyridine rings is 1. The molecular weight excluding hydrogens is 402 g/mol. The van der Waals surface area contributed by atoms with Crippen molar-refractivity contribution in [2.24, 2.45) is 0 Å². The first kappa shape index (κ1) is 20.3. The van der Waals surface area contributed by atoms with Crippen LogP contribution in [0, 0.1) is 12.7 Å². The third-order valence-corrected chi connectivity index (χ3v) is 5.77. The first-order valence-electron chi connectivity index (χ1n) is 9.52. The topological polar surface area (TPSA) is 53.5 Å². The van der Waals surface area contributed by atoms with Crippen LogP contribution in [0.25, 0.3) is 0 Å². The minimum atomic E-state index is -4.45. The number of carbonyl (C=O) groups excluding carboxylic acids is 2. The van der Waals surface area contributed by atoms with Crippen LogP contribution in [0.5, 0.6) is 0 Å². The van der Waals surface area contributed by atoms with Gasteiger partial charge in [-0.05, 0) is 55.5 Å². The minimum absolute atomic E-state index is 0.0142. The van der Waals surface area contributed by atoms with Gasteiger partial charge in [0.05, 0.1) is 5.56 Å². The first-order chi connectivity index (χ1) is 14.1. The Morgan fingerprint density at radius 3 is 2.33 bits per heavy atom. The lowest BCUT2D eigenvalue weighted by Crippen LogP contribution is -2.71. The Kier molecular flexibility index (Phi) is 4.79. The third kappa shape index (κ3) is 3.32. The molecule has 2 fully saturated rings. The molecule has 1 aliphatic carbocycles. The molecule has 30 heavy (non-hydrogen) atoms. The molecule has 1 spiro atoms. The molecule has 2 aliphatic rings. The predicted octanol–water partition coefficient (Wildman–Crippen LogP) is 3.85. The molecule has 9 heteroatoms. The summed E-state index contributed by atoms with van der Waals surface area (Å²) < 4.78 is 52.8. The fourth-order valence-corrected chi connectivity index (χ4v) is 4.01. The van der Waals surface area contributed by atoms with Gasteiger partial charge in [0.15, 0.2) is 11.6 Å². The molecule has 0 unspecified atom stereocenters. The second-order valence-corrected chi connectivity index (χ2v) is 7.77. The number of piperazine rings is 1. The Labute approximate surface area is 170 Å². The molecule has 4 rings (SSSR count). The van der Waals surface area contributed by atoms with Gasteiger partial charge in [-0.1, -0.05) is 12.1 Å². The van der Waals surface area contributed by atoms with Gasteiger partial charge in [-0.15, -0.1) is 0 Å². The fraction of sp³-hybridized carbons (Fsp3) is 0.381. The van der Waals surface area contributed by atoms with E-state index in [0.717, 1.165) is 23.5 Å². The molecule has 158 valence electrons. The Morgan fingerprint density at radius 2 is 1.80 bits per heavy atom. The van der Waals surface area contributed by atoms with Crippen LogP contribution in [-0.2, 0) is 22.3 Å². The minimum Gasteiger partial charge on any atom is -0.322 e. The lowest BCUT2D eigenvalue weighted by molar-refractivity contribution is -0.158. The maximum Gasteiger partial charge on any atom is 0.416 e. The van der Waals surface area contributed by atoms with E-state index in [2.05, 4.69) is 4.98 Å². The molecule has 1 saturated heterocycles. The molecule has 1 saturated carbocycles. The number of hydrogen-bond donors (Lipinski definition) is 0. The van der Waals surface area contributed by atoms with E-state index in [-0.39, 0.29) is 18.9 Å². The highest BCUT2D eigenvalue weighted by Gasteiger charge is 2.56. The standard InChI is InChI=1S/C21H19F4N3O2/c1-13-9-16(22)18(26-10-13)27-12-17(29)28(20(19(27)30)7-2-8-20)11-14-3-5-15(6-4-14)21(23,24)25/h3-6,9-10H,2,7-8,11-12H2,1H3. The van der Waals surface area contributed by atoms with E-state index in [1.54, 1.807) is 6.92 Å². The van der Waals surface area contributed by atoms with Crippen LogP contribution in [0.3, 0.4) is 0 Å². The molecule has 0 radical (unpaired) electrons. The Bertz CT molecular complexity index is 1000. The van der Waals surface area contributed by atoms with E-state index in [1.807, 2.05) is 0 Å². The molecular formula is C21H19F4N3O2. The lowest BCUT2D eigenvalue weighted by atomic mass is 9.72. The molecule has 2 heterocycles. The summed E-state index contributed by atoms with van der Waals surface area (Å²) in [6, 6.07) is 5.77. The van der Waals surface area contributed by atoms with Crippen LogP contribution in [0.1, 0.15) is 36.0 Å². The smallest absolute Gasteiger partial charge is 0.322 e. The summed E-state index contributed by atoms with van der Waals surface area (Å²) in [5, 5.41) is 0. The quantitative estimate of drug-likeness (QED) is 0.708. The van der Waals surface area contributed by atoms with Crippen molar-refractivity contribution in [3.8, 4) is 0 Å². The van der Waals surface area contributed by atoms with E-state index in [4.69, 9.17) is 0 Å². The summed E-state index contributed by atoms with van der Waals surface area (Å²) in [6.45, 7) is 1.32. The van der Waals surface area contributed by atoms with Gasteiger partial charge in [0.25, 0.3) is 5.91 Å². The van der Waals surface area contributed by atoms with E-state index in [0.29, 0.717) is 24.0 Å². The maximum atomic E-state index is 14.4. The zero-order chi connectivity index (χ0) is 21.7. The number of anilines is 1. The number of amides is 2. The molecule has 0 bridgehead atoms. The molecule has 1 aromatic heterocycles. The summed E-state index contributed by atoms with van der Waals surface area (Å²) in [7, 11) is 0. The molecule has 2 aromatic rings. The van der Waals surface area contributed by atoms with Crippen molar-refractivity contribution in [3.05, 3.63) is 59.0 Å². The highest BCUT2D eigenvalue weighted by Crippen LogP contribution is 2.43. The van der Waals surface area contributed by atoms with Gasteiger partial charge < -0.3 is 4.90 Å². The number of rotatable bonds is 3. The average molecular weight is 421 g/mol. The number of benzene rings is 1. The van der Waals surface area contributed by atoms with Crippen molar-refractivity contribution in [1.29, 1.82) is 0 Å². The van der Waals surface area contributed by atoms with Gasteiger partial charge in [-0.25, -0.2) is 9.37 Å². The van der Waals surface area contributed by atoms with Gasteiger partial charge >= 0.3 is 6.18 Å². The van der Waals surface area contributed by atoms with Gasteiger partial charge in [0, 0.05) is 12.7 Å². The third-order valence-electron chi connectivity index (χ3n) is 5.77. The van der Waals surface area contributed by atoms with Crippen LogP contribution in [0.15, 0.2) is 36.5 Å². The SMILES string of the molecule is Cc1cnc(N2CC(=O)N(Cc3ccc(C(F)(F)F)cc3)C3(CCC3)C2=O)c(F)c1. The van der Waals surface area contributed by atoms with Gasteiger partial charge in [0.2, 0.25) is 5.91 Å².